The molecule has 4 heteroatoms. The lowest BCUT2D eigenvalue weighted by Gasteiger charge is -2.14. The Kier molecular flexibility index (Phi) is 2.86. The van der Waals surface area contributed by atoms with Crippen molar-refractivity contribution in [3.8, 4) is 0 Å². The summed E-state index contributed by atoms with van der Waals surface area (Å²) in [6.45, 7) is 1.99. The zero-order valence-corrected chi connectivity index (χ0v) is 8.63. The Bertz CT molecular complexity index is 354. The van der Waals surface area contributed by atoms with Gasteiger partial charge in [0.05, 0.1) is 0 Å². The van der Waals surface area contributed by atoms with Gasteiger partial charge in [-0.3, -0.25) is 0 Å². The van der Waals surface area contributed by atoms with E-state index in [0.717, 1.165) is 25.6 Å². The number of hydrogen-bond donors (Lipinski definition) is 1. The van der Waals surface area contributed by atoms with Crippen LogP contribution in [0.25, 0.3) is 0 Å². The van der Waals surface area contributed by atoms with Gasteiger partial charge in [0.2, 0.25) is 0 Å². The predicted octanol–water partition coefficient (Wildman–Crippen LogP) is 2.08. The van der Waals surface area contributed by atoms with E-state index in [1.54, 1.807) is 6.07 Å². The molecule has 1 aliphatic heterocycles. The molecule has 82 valence electrons. The number of benzene rings is 1. The van der Waals surface area contributed by atoms with E-state index in [2.05, 4.69) is 10.2 Å². The van der Waals surface area contributed by atoms with Crippen LogP contribution in [0.1, 0.15) is 6.42 Å². The molecular formula is C11H14F2N2. The molecule has 1 heterocycles. The van der Waals surface area contributed by atoms with Gasteiger partial charge in [0.15, 0.2) is 11.6 Å². The second kappa shape index (κ2) is 4.14. The van der Waals surface area contributed by atoms with E-state index >= 15 is 0 Å². The molecule has 1 aromatic carbocycles. The van der Waals surface area contributed by atoms with E-state index < -0.39 is 11.6 Å². The third-order valence-electron chi connectivity index (χ3n) is 2.68. The van der Waals surface area contributed by atoms with E-state index in [1.165, 1.54) is 6.07 Å². The summed E-state index contributed by atoms with van der Waals surface area (Å²) in [5.41, 5.74) is 0.647. The zero-order chi connectivity index (χ0) is 10.8. The first kappa shape index (κ1) is 10.4. The molecule has 1 atom stereocenters. The maximum Gasteiger partial charge on any atom is 0.160 e. The number of rotatable bonds is 2. The average molecular weight is 212 g/mol. The van der Waals surface area contributed by atoms with Gasteiger partial charge in [0.1, 0.15) is 0 Å². The molecule has 0 amide bonds. The van der Waals surface area contributed by atoms with Crippen molar-refractivity contribution in [2.75, 3.05) is 25.5 Å². The summed E-state index contributed by atoms with van der Waals surface area (Å²) < 4.78 is 25.6. The van der Waals surface area contributed by atoms with Crippen LogP contribution in [0.15, 0.2) is 18.2 Å². The summed E-state index contributed by atoms with van der Waals surface area (Å²) in [6.07, 6.45) is 1.04. The van der Waals surface area contributed by atoms with Crippen LogP contribution >= 0.6 is 0 Å². The number of likely N-dealkylation sites (N-methyl/N-ethyl adjacent to an activating group) is 1. The predicted molar refractivity (Wildman–Crippen MR) is 55.9 cm³/mol. The Balaban J connectivity index is 2.02. The molecule has 1 aliphatic rings. The largest absolute Gasteiger partial charge is 0.381 e. The standard InChI is InChI=1S/C11H14F2N2/c1-15-5-4-9(7-15)14-8-2-3-10(12)11(13)6-8/h2-3,6,9,14H,4-5,7H2,1H3. The van der Waals surface area contributed by atoms with Crippen LogP contribution in [0.5, 0.6) is 0 Å². The number of nitrogens with zero attached hydrogens (tertiary/aromatic N) is 1. The second-order valence-corrected chi connectivity index (χ2v) is 4.02. The quantitative estimate of drug-likeness (QED) is 0.807. The van der Waals surface area contributed by atoms with Crippen molar-refractivity contribution in [1.82, 2.24) is 4.90 Å². The molecule has 1 saturated heterocycles. The van der Waals surface area contributed by atoms with Crippen molar-refractivity contribution in [3.05, 3.63) is 29.8 Å². The van der Waals surface area contributed by atoms with E-state index in [1.807, 2.05) is 7.05 Å². The summed E-state index contributed by atoms with van der Waals surface area (Å²) in [5.74, 6) is -1.60. The van der Waals surface area contributed by atoms with Crippen LogP contribution < -0.4 is 5.32 Å². The van der Waals surface area contributed by atoms with Crippen molar-refractivity contribution in [2.45, 2.75) is 12.5 Å². The van der Waals surface area contributed by atoms with Crippen LogP contribution in [-0.2, 0) is 0 Å². The number of nitrogens with one attached hydrogen (secondary N) is 1. The average Bonchev–Trinajstić information content (AvgIpc) is 2.58. The highest BCUT2D eigenvalue weighted by atomic mass is 19.2. The SMILES string of the molecule is CN1CCC(Nc2ccc(F)c(F)c2)C1. The molecule has 1 fully saturated rings. The van der Waals surface area contributed by atoms with Gasteiger partial charge in [-0.2, -0.15) is 0 Å². The minimum absolute atomic E-state index is 0.333. The summed E-state index contributed by atoms with van der Waals surface area (Å²) in [5, 5.41) is 3.19. The van der Waals surface area contributed by atoms with Gasteiger partial charge in [-0.15, -0.1) is 0 Å². The third kappa shape index (κ3) is 2.45. The van der Waals surface area contributed by atoms with Crippen molar-refractivity contribution >= 4 is 5.69 Å². The van der Waals surface area contributed by atoms with E-state index in [-0.39, 0.29) is 0 Å². The third-order valence-corrected chi connectivity index (χ3v) is 2.68. The van der Waals surface area contributed by atoms with Gasteiger partial charge in [-0.25, -0.2) is 8.78 Å². The Morgan fingerprint density at radius 2 is 2.13 bits per heavy atom. The molecule has 0 saturated carbocycles. The first-order valence-corrected chi connectivity index (χ1v) is 5.05. The van der Waals surface area contributed by atoms with Gasteiger partial charge in [-0.1, -0.05) is 0 Å². The fourth-order valence-corrected chi connectivity index (χ4v) is 1.87. The van der Waals surface area contributed by atoms with Crippen molar-refractivity contribution in [3.63, 3.8) is 0 Å². The molecule has 15 heavy (non-hydrogen) atoms. The van der Waals surface area contributed by atoms with Crippen molar-refractivity contribution < 1.29 is 8.78 Å². The fraction of sp³-hybridized carbons (Fsp3) is 0.455. The Labute approximate surface area is 87.9 Å². The molecule has 0 aromatic heterocycles. The fourth-order valence-electron chi connectivity index (χ4n) is 1.87. The topological polar surface area (TPSA) is 15.3 Å². The van der Waals surface area contributed by atoms with Gasteiger partial charge in [0.25, 0.3) is 0 Å². The van der Waals surface area contributed by atoms with Crippen LogP contribution in [0.4, 0.5) is 14.5 Å². The maximum absolute atomic E-state index is 12.9. The summed E-state index contributed by atoms with van der Waals surface area (Å²) >= 11 is 0. The molecule has 1 aromatic rings. The molecule has 0 spiro atoms. The highest BCUT2D eigenvalue weighted by molar-refractivity contribution is 5.44. The smallest absolute Gasteiger partial charge is 0.160 e. The number of anilines is 1. The van der Waals surface area contributed by atoms with E-state index in [9.17, 15) is 8.78 Å². The highest BCUT2D eigenvalue weighted by Crippen LogP contribution is 2.17. The van der Waals surface area contributed by atoms with E-state index in [4.69, 9.17) is 0 Å². The summed E-state index contributed by atoms with van der Waals surface area (Å²) in [4.78, 5) is 2.21. The molecule has 1 unspecified atom stereocenters. The van der Waals surface area contributed by atoms with Crippen molar-refractivity contribution in [2.24, 2.45) is 0 Å². The molecule has 0 bridgehead atoms. The molecule has 0 aliphatic carbocycles. The summed E-state index contributed by atoms with van der Waals surface area (Å²) in [6, 6.07) is 4.25. The normalized spacial score (nSPS) is 21.9. The lowest BCUT2D eigenvalue weighted by Crippen LogP contribution is -2.23. The van der Waals surface area contributed by atoms with Crippen LogP contribution in [0.2, 0.25) is 0 Å². The Hall–Kier alpha value is -1.16. The van der Waals surface area contributed by atoms with Gasteiger partial charge in [-0.05, 0) is 32.1 Å². The number of likely N-dealkylation sites (tertiary alicyclic amines) is 1. The highest BCUT2D eigenvalue weighted by Gasteiger charge is 2.19. The van der Waals surface area contributed by atoms with Gasteiger partial charge in [0, 0.05) is 24.3 Å². The number of hydrogen-bond acceptors (Lipinski definition) is 2. The second-order valence-electron chi connectivity index (χ2n) is 4.02. The molecular weight excluding hydrogens is 198 g/mol. The zero-order valence-electron chi connectivity index (χ0n) is 8.63. The number of halogens is 2. The molecule has 2 rings (SSSR count). The Morgan fingerprint density at radius 3 is 2.73 bits per heavy atom. The van der Waals surface area contributed by atoms with Crippen LogP contribution in [-0.4, -0.2) is 31.1 Å². The lowest BCUT2D eigenvalue weighted by atomic mass is 10.2. The first-order chi connectivity index (χ1) is 7.15. The van der Waals surface area contributed by atoms with E-state index in [0.29, 0.717) is 11.7 Å². The molecule has 2 nitrogen and oxygen atoms in total. The van der Waals surface area contributed by atoms with Gasteiger partial charge >= 0.3 is 0 Å². The first-order valence-electron chi connectivity index (χ1n) is 5.05. The van der Waals surface area contributed by atoms with Crippen molar-refractivity contribution in [1.29, 1.82) is 0 Å². The minimum atomic E-state index is -0.802. The van der Waals surface area contributed by atoms with Gasteiger partial charge < -0.3 is 10.2 Å². The minimum Gasteiger partial charge on any atom is -0.381 e. The van der Waals surface area contributed by atoms with Crippen LogP contribution in [0.3, 0.4) is 0 Å². The van der Waals surface area contributed by atoms with Crippen LogP contribution in [0, 0.1) is 11.6 Å². The monoisotopic (exact) mass is 212 g/mol. The molecule has 0 radical (unpaired) electrons. The molecule has 1 N–H and O–H groups in total. The maximum atomic E-state index is 12.9. The summed E-state index contributed by atoms with van der Waals surface area (Å²) in [7, 11) is 2.05. The lowest BCUT2D eigenvalue weighted by molar-refractivity contribution is 0.414. The Morgan fingerprint density at radius 1 is 1.33 bits per heavy atom.